The fourth-order valence-corrected chi connectivity index (χ4v) is 3.25. The second-order valence-electron chi connectivity index (χ2n) is 6.09. The first-order valence-electron chi connectivity index (χ1n) is 8.21. The molecule has 0 atom stereocenters. The smallest absolute Gasteiger partial charge is 0.255 e. The van der Waals surface area contributed by atoms with Crippen LogP contribution in [0.25, 0.3) is 0 Å². The lowest BCUT2D eigenvalue weighted by molar-refractivity contribution is 0.0936. The molecule has 0 unspecified atom stereocenters. The molecule has 0 radical (unpaired) electrons. The third-order valence-electron chi connectivity index (χ3n) is 4.30. The van der Waals surface area contributed by atoms with Crippen LogP contribution >= 0.6 is 23.2 Å². The second kappa shape index (κ2) is 7.89. The number of benzene rings is 2. The van der Waals surface area contributed by atoms with E-state index in [0.29, 0.717) is 26.9 Å². The molecular weight excluding hydrogens is 359 g/mol. The summed E-state index contributed by atoms with van der Waals surface area (Å²) in [5.41, 5.74) is 1.43. The second-order valence-corrected chi connectivity index (χ2v) is 6.87. The monoisotopic (exact) mass is 376 g/mol. The number of amides is 2. The van der Waals surface area contributed by atoms with E-state index in [4.69, 9.17) is 23.2 Å². The minimum Gasteiger partial charge on any atom is -0.349 e. The minimum absolute atomic E-state index is 0.100. The first-order chi connectivity index (χ1) is 12.0. The fraction of sp³-hybridized carbons (Fsp3) is 0.263. The Bertz CT molecular complexity index is 785. The highest BCUT2D eigenvalue weighted by Crippen LogP contribution is 2.29. The van der Waals surface area contributed by atoms with Gasteiger partial charge in [0.1, 0.15) is 0 Å². The normalized spacial score (nSPS) is 14.3. The molecule has 2 aromatic carbocycles. The van der Waals surface area contributed by atoms with Gasteiger partial charge in [0, 0.05) is 17.2 Å². The molecule has 0 spiro atoms. The van der Waals surface area contributed by atoms with Gasteiger partial charge in [-0.05, 0) is 49.2 Å². The molecule has 1 aliphatic carbocycles. The zero-order chi connectivity index (χ0) is 17.8. The Balaban J connectivity index is 1.66. The van der Waals surface area contributed by atoms with E-state index in [1.165, 1.54) is 0 Å². The Labute approximate surface area is 156 Å². The summed E-state index contributed by atoms with van der Waals surface area (Å²) in [6, 6.07) is 11.8. The third-order valence-corrected chi connectivity index (χ3v) is 5.12. The first-order valence-corrected chi connectivity index (χ1v) is 8.96. The van der Waals surface area contributed by atoms with E-state index in [9.17, 15) is 9.59 Å². The van der Waals surface area contributed by atoms with Crippen molar-refractivity contribution in [2.24, 2.45) is 0 Å². The number of hydrogen-bond acceptors (Lipinski definition) is 2. The predicted octanol–water partition coefficient (Wildman–Crippen LogP) is 4.92. The topological polar surface area (TPSA) is 58.2 Å². The van der Waals surface area contributed by atoms with Gasteiger partial charge < -0.3 is 10.6 Å². The Morgan fingerprint density at radius 3 is 2.12 bits per heavy atom. The van der Waals surface area contributed by atoms with Crippen LogP contribution in [0.1, 0.15) is 46.4 Å². The number of anilines is 1. The standard InChI is InChI=1S/C19H18Cl2N2O2/c20-15-6-3-7-16(17(15)21)23-19(25)13-10-8-12(9-11-13)18(24)22-14-4-1-2-5-14/h3,6-11,14H,1-2,4-5H2,(H,22,24)(H,23,25). The Morgan fingerprint density at radius 1 is 0.880 bits per heavy atom. The lowest BCUT2D eigenvalue weighted by atomic mass is 10.1. The predicted molar refractivity (Wildman–Crippen MR) is 101 cm³/mol. The van der Waals surface area contributed by atoms with E-state index in [2.05, 4.69) is 10.6 Å². The van der Waals surface area contributed by atoms with Crippen molar-refractivity contribution in [2.45, 2.75) is 31.7 Å². The van der Waals surface area contributed by atoms with Gasteiger partial charge >= 0.3 is 0 Å². The summed E-state index contributed by atoms with van der Waals surface area (Å²) >= 11 is 12.0. The fourth-order valence-electron chi connectivity index (χ4n) is 2.91. The molecule has 1 aliphatic rings. The van der Waals surface area contributed by atoms with E-state index in [1.54, 1.807) is 42.5 Å². The van der Waals surface area contributed by atoms with Gasteiger partial charge in [-0.1, -0.05) is 42.1 Å². The summed E-state index contributed by atoms with van der Waals surface area (Å²) in [6.45, 7) is 0. The van der Waals surface area contributed by atoms with Crippen molar-refractivity contribution in [2.75, 3.05) is 5.32 Å². The van der Waals surface area contributed by atoms with Crippen LogP contribution in [0.3, 0.4) is 0 Å². The van der Waals surface area contributed by atoms with E-state index >= 15 is 0 Å². The first kappa shape index (κ1) is 17.8. The molecule has 1 saturated carbocycles. The molecule has 3 rings (SSSR count). The van der Waals surface area contributed by atoms with Crippen molar-refractivity contribution in [3.8, 4) is 0 Å². The van der Waals surface area contributed by atoms with Gasteiger partial charge in [-0.25, -0.2) is 0 Å². The maximum atomic E-state index is 12.3. The van der Waals surface area contributed by atoms with Crippen LogP contribution in [0.4, 0.5) is 5.69 Å². The number of halogens is 2. The average molecular weight is 377 g/mol. The van der Waals surface area contributed by atoms with E-state index in [-0.39, 0.29) is 17.9 Å². The van der Waals surface area contributed by atoms with Crippen LogP contribution in [0, 0.1) is 0 Å². The largest absolute Gasteiger partial charge is 0.349 e. The number of carbonyl (C=O) groups excluding carboxylic acids is 2. The average Bonchev–Trinajstić information content (AvgIpc) is 3.12. The molecule has 1 fully saturated rings. The van der Waals surface area contributed by atoms with Crippen molar-refractivity contribution in [1.29, 1.82) is 0 Å². The van der Waals surface area contributed by atoms with Crippen molar-refractivity contribution >= 4 is 40.7 Å². The van der Waals surface area contributed by atoms with Gasteiger partial charge in [0.05, 0.1) is 15.7 Å². The number of hydrogen-bond donors (Lipinski definition) is 2. The molecule has 0 bridgehead atoms. The summed E-state index contributed by atoms with van der Waals surface area (Å²) in [6.07, 6.45) is 4.39. The van der Waals surface area contributed by atoms with Gasteiger partial charge in [-0.2, -0.15) is 0 Å². The molecular formula is C19H18Cl2N2O2. The van der Waals surface area contributed by atoms with Crippen molar-refractivity contribution < 1.29 is 9.59 Å². The van der Waals surface area contributed by atoms with Gasteiger partial charge in [0.15, 0.2) is 0 Å². The lowest BCUT2D eigenvalue weighted by Crippen LogP contribution is -2.32. The summed E-state index contributed by atoms with van der Waals surface area (Å²) in [5, 5.41) is 6.41. The highest BCUT2D eigenvalue weighted by molar-refractivity contribution is 6.44. The minimum atomic E-state index is -0.313. The Hall–Kier alpha value is -2.04. The molecule has 0 saturated heterocycles. The van der Waals surface area contributed by atoms with Gasteiger partial charge in [0.25, 0.3) is 11.8 Å². The zero-order valence-electron chi connectivity index (χ0n) is 13.5. The molecule has 0 aromatic heterocycles. The molecule has 0 heterocycles. The van der Waals surface area contributed by atoms with E-state index in [0.717, 1.165) is 25.7 Å². The number of nitrogens with one attached hydrogen (secondary N) is 2. The van der Waals surface area contributed by atoms with Crippen molar-refractivity contribution in [3.05, 3.63) is 63.6 Å². The molecule has 25 heavy (non-hydrogen) atoms. The van der Waals surface area contributed by atoms with Crippen LogP contribution in [0.5, 0.6) is 0 Å². The Kier molecular flexibility index (Phi) is 5.61. The summed E-state index contributed by atoms with van der Waals surface area (Å²) in [7, 11) is 0. The maximum absolute atomic E-state index is 12.3. The summed E-state index contributed by atoms with van der Waals surface area (Å²) in [4.78, 5) is 24.5. The van der Waals surface area contributed by atoms with Crippen LogP contribution in [0.15, 0.2) is 42.5 Å². The lowest BCUT2D eigenvalue weighted by Gasteiger charge is -2.12. The number of rotatable bonds is 4. The van der Waals surface area contributed by atoms with Gasteiger partial charge in [0.2, 0.25) is 0 Å². The summed E-state index contributed by atoms with van der Waals surface area (Å²) < 4.78 is 0. The van der Waals surface area contributed by atoms with E-state index in [1.807, 2.05) is 0 Å². The molecule has 2 amide bonds. The van der Waals surface area contributed by atoms with Crippen molar-refractivity contribution in [3.63, 3.8) is 0 Å². The van der Waals surface area contributed by atoms with Crippen LogP contribution < -0.4 is 10.6 Å². The molecule has 0 aliphatic heterocycles. The molecule has 4 nitrogen and oxygen atoms in total. The van der Waals surface area contributed by atoms with Crippen LogP contribution in [-0.2, 0) is 0 Å². The van der Waals surface area contributed by atoms with Crippen LogP contribution in [-0.4, -0.2) is 17.9 Å². The third kappa shape index (κ3) is 4.33. The summed E-state index contributed by atoms with van der Waals surface area (Å²) in [5.74, 6) is -0.413. The molecule has 2 N–H and O–H groups in total. The molecule has 2 aromatic rings. The number of carbonyl (C=O) groups is 2. The van der Waals surface area contributed by atoms with Crippen LogP contribution in [0.2, 0.25) is 10.0 Å². The molecule has 6 heteroatoms. The van der Waals surface area contributed by atoms with Gasteiger partial charge in [-0.15, -0.1) is 0 Å². The Morgan fingerprint density at radius 2 is 1.48 bits per heavy atom. The van der Waals surface area contributed by atoms with E-state index < -0.39 is 0 Å². The zero-order valence-corrected chi connectivity index (χ0v) is 15.0. The van der Waals surface area contributed by atoms with Crippen molar-refractivity contribution in [1.82, 2.24) is 5.32 Å². The highest BCUT2D eigenvalue weighted by Gasteiger charge is 2.18. The quantitative estimate of drug-likeness (QED) is 0.795. The SMILES string of the molecule is O=C(Nc1cccc(Cl)c1Cl)c1ccc(C(=O)NC2CCCC2)cc1. The maximum Gasteiger partial charge on any atom is 0.255 e. The molecule has 130 valence electrons. The highest BCUT2D eigenvalue weighted by atomic mass is 35.5. The van der Waals surface area contributed by atoms with Gasteiger partial charge in [-0.3, -0.25) is 9.59 Å².